The van der Waals surface area contributed by atoms with Crippen LogP contribution in [-0.4, -0.2) is 15.0 Å². The first kappa shape index (κ1) is 26.6. The second-order valence-electron chi connectivity index (χ2n) is 12.0. The van der Waals surface area contributed by atoms with Gasteiger partial charge in [0.2, 0.25) is 0 Å². The Morgan fingerprint density at radius 3 is 1.75 bits per heavy atom. The molecule has 0 aliphatic carbocycles. The molecule has 0 radical (unpaired) electrons. The number of benzene rings is 7. The molecule has 0 atom stereocenters. The highest BCUT2D eigenvalue weighted by Crippen LogP contribution is 2.43. The summed E-state index contributed by atoms with van der Waals surface area (Å²) in [6, 6.07) is 51.5. The fourth-order valence-corrected chi connectivity index (χ4v) is 6.90. The van der Waals surface area contributed by atoms with E-state index in [4.69, 9.17) is 23.8 Å². The molecule has 0 amide bonds. The van der Waals surface area contributed by atoms with Gasteiger partial charge in [-0.25, -0.2) is 15.0 Å². The summed E-state index contributed by atoms with van der Waals surface area (Å²) in [6.45, 7) is 0. The van der Waals surface area contributed by atoms with E-state index in [2.05, 4.69) is 60.7 Å². The van der Waals surface area contributed by atoms with Gasteiger partial charge in [0.25, 0.3) is 0 Å². The van der Waals surface area contributed by atoms with E-state index in [1.54, 1.807) is 0 Å². The van der Waals surface area contributed by atoms with Crippen molar-refractivity contribution in [3.8, 4) is 45.3 Å². The molecular formula is C43H25N3O2. The number of aromatic nitrogens is 3. The van der Waals surface area contributed by atoms with Gasteiger partial charge < -0.3 is 8.83 Å². The minimum atomic E-state index is 0.597. The lowest BCUT2D eigenvalue weighted by molar-refractivity contribution is 0.669. The highest BCUT2D eigenvalue weighted by atomic mass is 16.3. The van der Waals surface area contributed by atoms with Crippen LogP contribution in [0.25, 0.3) is 99.9 Å². The fraction of sp³-hybridized carbons (Fsp3) is 0. The number of furan rings is 2. The molecule has 10 aromatic rings. The summed E-state index contributed by atoms with van der Waals surface area (Å²) in [6.07, 6.45) is 0. The predicted molar refractivity (Wildman–Crippen MR) is 194 cm³/mol. The van der Waals surface area contributed by atoms with E-state index in [0.717, 1.165) is 82.5 Å². The van der Waals surface area contributed by atoms with Crippen molar-refractivity contribution < 1.29 is 8.83 Å². The van der Waals surface area contributed by atoms with Crippen molar-refractivity contribution in [3.63, 3.8) is 0 Å². The zero-order chi connectivity index (χ0) is 31.6. The molecule has 10 rings (SSSR count). The van der Waals surface area contributed by atoms with Crippen LogP contribution in [0.3, 0.4) is 0 Å². The largest absolute Gasteiger partial charge is 0.456 e. The number of hydrogen-bond donors (Lipinski definition) is 0. The van der Waals surface area contributed by atoms with Gasteiger partial charge in [-0.3, -0.25) is 0 Å². The first-order valence-electron chi connectivity index (χ1n) is 15.9. The highest BCUT2D eigenvalue weighted by Gasteiger charge is 2.21. The maximum absolute atomic E-state index is 6.81. The molecule has 0 saturated carbocycles. The third kappa shape index (κ3) is 4.15. The summed E-state index contributed by atoms with van der Waals surface area (Å²) in [5.74, 6) is 1.84. The molecule has 0 bridgehead atoms. The van der Waals surface area contributed by atoms with Crippen molar-refractivity contribution in [1.82, 2.24) is 15.0 Å². The van der Waals surface area contributed by atoms with E-state index in [0.29, 0.717) is 17.5 Å². The Morgan fingerprint density at radius 1 is 0.354 bits per heavy atom. The summed E-state index contributed by atoms with van der Waals surface area (Å²) in [5, 5.41) is 6.27. The van der Waals surface area contributed by atoms with Gasteiger partial charge in [0.05, 0.1) is 0 Å². The van der Waals surface area contributed by atoms with Crippen LogP contribution in [0.4, 0.5) is 0 Å². The van der Waals surface area contributed by atoms with Crippen molar-refractivity contribution >= 4 is 54.6 Å². The lowest BCUT2D eigenvalue weighted by Crippen LogP contribution is -2.00. The van der Waals surface area contributed by atoms with Gasteiger partial charge in [-0.1, -0.05) is 121 Å². The number of hydrogen-bond acceptors (Lipinski definition) is 5. The first-order valence-corrected chi connectivity index (χ1v) is 15.9. The molecule has 0 fully saturated rings. The van der Waals surface area contributed by atoms with E-state index < -0.39 is 0 Å². The lowest BCUT2D eigenvalue weighted by Gasteiger charge is -2.10. The molecule has 0 aliphatic heterocycles. The van der Waals surface area contributed by atoms with Crippen LogP contribution in [0.1, 0.15) is 0 Å². The normalized spacial score (nSPS) is 11.8. The standard InChI is InChI=1S/C43H25N3O2/c1-3-12-26(13-4-1)41-44-42(27-14-5-2-6-15-27)46-43(45-41)34-24-28-16-7-8-17-31(28)40-39(34)33-23-22-29(25-37(33)48-40)30-19-11-21-36-38(30)32-18-9-10-20-35(32)47-36/h1-25H. The Balaban J connectivity index is 1.25. The molecule has 3 heterocycles. The summed E-state index contributed by atoms with van der Waals surface area (Å²) in [7, 11) is 0. The van der Waals surface area contributed by atoms with E-state index in [1.165, 1.54) is 0 Å². The van der Waals surface area contributed by atoms with Gasteiger partial charge in [-0.15, -0.1) is 0 Å². The van der Waals surface area contributed by atoms with Crippen molar-refractivity contribution in [1.29, 1.82) is 0 Å². The molecule has 0 spiro atoms. The topological polar surface area (TPSA) is 65.0 Å². The van der Waals surface area contributed by atoms with Gasteiger partial charge in [-0.2, -0.15) is 0 Å². The van der Waals surface area contributed by atoms with E-state index >= 15 is 0 Å². The molecule has 7 aromatic carbocycles. The van der Waals surface area contributed by atoms with Crippen LogP contribution >= 0.6 is 0 Å². The Hall–Kier alpha value is -6.59. The maximum Gasteiger partial charge on any atom is 0.164 e. The second-order valence-corrected chi connectivity index (χ2v) is 12.0. The van der Waals surface area contributed by atoms with E-state index in [1.807, 2.05) is 91.0 Å². The van der Waals surface area contributed by atoms with Crippen molar-refractivity contribution in [2.75, 3.05) is 0 Å². The molecule has 48 heavy (non-hydrogen) atoms. The van der Waals surface area contributed by atoms with E-state index in [-0.39, 0.29) is 0 Å². The summed E-state index contributed by atoms with van der Waals surface area (Å²) < 4.78 is 13.0. The predicted octanol–water partition coefficient (Wildman–Crippen LogP) is 11.5. The van der Waals surface area contributed by atoms with Crippen LogP contribution < -0.4 is 0 Å². The SMILES string of the molecule is c1ccc(-c2nc(-c3ccccc3)nc(-c3cc4ccccc4c4oc5cc(-c6cccc7oc8ccccc8c67)ccc5c34)n2)cc1. The average Bonchev–Trinajstić information content (AvgIpc) is 3.74. The Bertz CT molecular complexity index is 2780. The molecule has 224 valence electrons. The number of para-hydroxylation sites is 1. The van der Waals surface area contributed by atoms with Crippen LogP contribution in [0.15, 0.2) is 160 Å². The first-order chi connectivity index (χ1) is 23.8. The van der Waals surface area contributed by atoms with Crippen molar-refractivity contribution in [2.45, 2.75) is 0 Å². The second kappa shape index (κ2) is 10.5. The average molecular weight is 616 g/mol. The van der Waals surface area contributed by atoms with Gasteiger partial charge in [-0.05, 0) is 46.8 Å². The van der Waals surface area contributed by atoms with Crippen LogP contribution in [-0.2, 0) is 0 Å². The Kier molecular flexibility index (Phi) is 5.81. The van der Waals surface area contributed by atoms with Gasteiger partial charge in [0.15, 0.2) is 17.5 Å². The molecule has 0 aliphatic rings. The number of nitrogens with zero attached hydrogens (tertiary/aromatic N) is 3. The van der Waals surface area contributed by atoms with Gasteiger partial charge in [0.1, 0.15) is 22.3 Å². The molecule has 5 heteroatoms. The van der Waals surface area contributed by atoms with E-state index in [9.17, 15) is 0 Å². The molecule has 0 unspecified atom stereocenters. The molecule has 0 saturated heterocycles. The zero-order valence-electron chi connectivity index (χ0n) is 25.6. The minimum Gasteiger partial charge on any atom is -0.456 e. The Morgan fingerprint density at radius 2 is 0.979 bits per heavy atom. The fourth-order valence-electron chi connectivity index (χ4n) is 6.90. The summed E-state index contributed by atoms with van der Waals surface area (Å²) >= 11 is 0. The number of rotatable bonds is 4. The Labute approximate surface area is 274 Å². The zero-order valence-corrected chi connectivity index (χ0v) is 25.6. The molecule has 0 N–H and O–H groups in total. The van der Waals surface area contributed by atoms with Crippen LogP contribution in [0, 0.1) is 0 Å². The number of fused-ring (bicyclic) bond motifs is 8. The molecular weight excluding hydrogens is 590 g/mol. The quantitative estimate of drug-likeness (QED) is 0.197. The third-order valence-corrected chi connectivity index (χ3v) is 9.12. The lowest BCUT2D eigenvalue weighted by atomic mass is 9.96. The molecule has 5 nitrogen and oxygen atoms in total. The summed E-state index contributed by atoms with van der Waals surface area (Å²) in [5.41, 5.74) is 8.26. The van der Waals surface area contributed by atoms with Crippen LogP contribution in [0.2, 0.25) is 0 Å². The third-order valence-electron chi connectivity index (χ3n) is 9.12. The molecule has 3 aromatic heterocycles. The minimum absolute atomic E-state index is 0.597. The van der Waals surface area contributed by atoms with Crippen LogP contribution in [0.5, 0.6) is 0 Å². The summed E-state index contributed by atoms with van der Waals surface area (Å²) in [4.78, 5) is 15.1. The van der Waals surface area contributed by atoms with Gasteiger partial charge in [0, 0.05) is 43.6 Å². The van der Waals surface area contributed by atoms with Gasteiger partial charge >= 0.3 is 0 Å². The van der Waals surface area contributed by atoms with Crippen molar-refractivity contribution in [2.24, 2.45) is 0 Å². The highest BCUT2D eigenvalue weighted by molar-refractivity contribution is 6.21. The van der Waals surface area contributed by atoms with Crippen molar-refractivity contribution in [3.05, 3.63) is 152 Å². The maximum atomic E-state index is 6.81. The smallest absolute Gasteiger partial charge is 0.164 e. The monoisotopic (exact) mass is 615 g/mol.